The Morgan fingerprint density at radius 1 is 1.15 bits per heavy atom. The molecule has 0 spiro atoms. The van der Waals surface area contributed by atoms with Gasteiger partial charge in [0.05, 0.1) is 10.6 Å². The highest BCUT2D eigenvalue weighted by atomic mass is 32.2. The Morgan fingerprint density at radius 2 is 1.89 bits per heavy atom. The number of benzene rings is 2. The van der Waals surface area contributed by atoms with Gasteiger partial charge in [-0.1, -0.05) is 30.3 Å². The molecule has 1 heterocycles. The van der Waals surface area contributed by atoms with E-state index in [1.807, 2.05) is 30.3 Å². The van der Waals surface area contributed by atoms with Gasteiger partial charge in [0.15, 0.2) is 9.84 Å². The lowest BCUT2D eigenvalue weighted by atomic mass is 9.91. The minimum absolute atomic E-state index is 0.0432. The van der Waals surface area contributed by atoms with Crippen molar-refractivity contribution in [2.75, 3.05) is 16.4 Å². The molecule has 2 aromatic carbocycles. The summed E-state index contributed by atoms with van der Waals surface area (Å²) >= 11 is 0. The third-order valence-corrected chi connectivity index (χ3v) is 6.67. The number of rotatable bonds is 5. The van der Waals surface area contributed by atoms with Crippen LogP contribution in [0.4, 0.5) is 11.4 Å². The summed E-state index contributed by atoms with van der Waals surface area (Å²) in [6, 6.07) is 14.5. The van der Waals surface area contributed by atoms with Gasteiger partial charge in [0, 0.05) is 12.1 Å². The van der Waals surface area contributed by atoms with E-state index in [-0.39, 0.29) is 22.4 Å². The molecule has 2 aromatic rings. The summed E-state index contributed by atoms with van der Waals surface area (Å²) in [5.74, 6) is -0.568. The average molecular weight is 384 g/mol. The van der Waals surface area contributed by atoms with Crippen molar-refractivity contribution in [2.45, 2.75) is 30.1 Å². The van der Waals surface area contributed by atoms with Crippen LogP contribution in [0.3, 0.4) is 0 Å². The van der Waals surface area contributed by atoms with Gasteiger partial charge < -0.3 is 10.6 Å². The number of anilines is 2. The molecular formula is C20H20N2O4S. The average Bonchev–Trinajstić information content (AvgIpc) is 3.45. The van der Waals surface area contributed by atoms with Crippen LogP contribution in [-0.2, 0) is 19.4 Å². The van der Waals surface area contributed by atoms with Gasteiger partial charge >= 0.3 is 0 Å². The Kier molecular flexibility index (Phi) is 4.47. The van der Waals surface area contributed by atoms with E-state index in [9.17, 15) is 18.0 Å². The zero-order valence-corrected chi connectivity index (χ0v) is 15.5. The van der Waals surface area contributed by atoms with Gasteiger partial charge in [-0.05, 0) is 48.4 Å². The molecular weight excluding hydrogens is 364 g/mol. The largest absolute Gasteiger partial charge is 0.326 e. The number of sulfone groups is 1. The molecule has 0 radical (unpaired) electrons. The second-order valence-corrected chi connectivity index (χ2v) is 9.08. The minimum Gasteiger partial charge on any atom is -0.326 e. The molecule has 6 nitrogen and oxygen atoms in total. The Morgan fingerprint density at radius 3 is 2.59 bits per heavy atom. The third kappa shape index (κ3) is 3.88. The normalized spacial score (nSPS) is 18.9. The van der Waals surface area contributed by atoms with E-state index in [1.54, 1.807) is 6.07 Å². The van der Waals surface area contributed by atoms with Crippen LogP contribution >= 0.6 is 0 Å². The van der Waals surface area contributed by atoms with Gasteiger partial charge in [0.25, 0.3) is 0 Å². The summed E-state index contributed by atoms with van der Waals surface area (Å²) < 4.78 is 24.4. The highest BCUT2D eigenvalue weighted by molar-refractivity contribution is 7.92. The number of nitrogens with one attached hydrogen (secondary N) is 2. The van der Waals surface area contributed by atoms with Crippen molar-refractivity contribution in [1.82, 2.24) is 0 Å². The molecule has 7 heteroatoms. The predicted molar refractivity (Wildman–Crippen MR) is 102 cm³/mol. The third-order valence-electron chi connectivity index (χ3n) is 5.02. The van der Waals surface area contributed by atoms with Crippen molar-refractivity contribution >= 4 is 33.0 Å². The number of carbonyl (C=O) groups is 2. The topological polar surface area (TPSA) is 92.3 Å². The smallest absolute Gasteiger partial charge is 0.239 e. The molecule has 0 aromatic heterocycles. The van der Waals surface area contributed by atoms with Gasteiger partial charge in [0.1, 0.15) is 5.75 Å². The zero-order valence-electron chi connectivity index (χ0n) is 14.6. The molecule has 1 aliphatic carbocycles. The van der Waals surface area contributed by atoms with Crippen molar-refractivity contribution in [1.29, 1.82) is 0 Å². The number of hydrogen-bond donors (Lipinski definition) is 2. The molecule has 140 valence electrons. The molecule has 1 aliphatic heterocycles. The van der Waals surface area contributed by atoms with E-state index in [0.29, 0.717) is 18.0 Å². The summed E-state index contributed by atoms with van der Waals surface area (Å²) in [5, 5.41) is 5.35. The highest BCUT2D eigenvalue weighted by Gasteiger charge is 2.34. The highest BCUT2D eigenvalue weighted by Crippen LogP contribution is 2.44. The molecule has 1 atom stereocenters. The van der Waals surface area contributed by atoms with Gasteiger partial charge in [-0.2, -0.15) is 0 Å². The molecule has 27 heavy (non-hydrogen) atoms. The standard InChI is InChI=1S/C20H20N2O4S/c23-19(11-16(14-6-7-14)13-4-2-1-3-5-13)21-15-8-9-17-18(10-15)27(25,26)12-20(24)22-17/h1-5,8-10,14,16H,6-7,11-12H2,(H,21,23)(H,22,24). The lowest BCUT2D eigenvalue weighted by Gasteiger charge is -2.19. The quantitative estimate of drug-likeness (QED) is 0.829. The molecule has 0 bridgehead atoms. The van der Waals surface area contributed by atoms with Gasteiger partial charge in [-0.25, -0.2) is 8.42 Å². The molecule has 0 saturated heterocycles. The van der Waals surface area contributed by atoms with Gasteiger partial charge in [-0.3, -0.25) is 9.59 Å². The molecule has 4 rings (SSSR count). The van der Waals surface area contributed by atoms with Crippen LogP contribution in [0.5, 0.6) is 0 Å². The van der Waals surface area contributed by atoms with Crippen LogP contribution in [0.25, 0.3) is 0 Å². The van der Waals surface area contributed by atoms with Crippen LogP contribution in [0.1, 0.15) is 30.7 Å². The molecule has 1 saturated carbocycles. The Hall–Kier alpha value is -2.67. The number of hydrogen-bond acceptors (Lipinski definition) is 4. The van der Waals surface area contributed by atoms with Gasteiger partial charge in [0.2, 0.25) is 11.8 Å². The summed E-state index contributed by atoms with van der Waals surface area (Å²) in [7, 11) is -3.68. The Labute approximate surface area is 157 Å². The van der Waals surface area contributed by atoms with Crippen LogP contribution in [0.15, 0.2) is 53.4 Å². The van der Waals surface area contributed by atoms with Crippen LogP contribution < -0.4 is 10.6 Å². The van der Waals surface area contributed by atoms with E-state index < -0.39 is 21.5 Å². The lowest BCUT2D eigenvalue weighted by Crippen LogP contribution is -2.29. The maximum Gasteiger partial charge on any atom is 0.239 e. The SMILES string of the molecule is O=C(CC(c1ccccc1)C1CC1)Nc1ccc2c(c1)S(=O)(=O)CC(=O)N2. The van der Waals surface area contributed by atoms with Crippen LogP contribution in [-0.4, -0.2) is 26.0 Å². The summed E-state index contributed by atoms with van der Waals surface area (Å²) in [4.78, 5) is 24.1. The molecule has 2 amide bonds. The fraction of sp³-hybridized carbons (Fsp3) is 0.300. The van der Waals surface area contributed by atoms with Crippen LogP contribution in [0, 0.1) is 5.92 Å². The predicted octanol–water partition coefficient (Wildman–Crippen LogP) is 2.93. The molecule has 1 unspecified atom stereocenters. The maximum absolute atomic E-state index is 12.6. The summed E-state index contributed by atoms with van der Waals surface area (Å²) in [5.41, 5.74) is 1.83. The first kappa shape index (κ1) is 17.7. The van der Waals surface area contributed by atoms with E-state index in [2.05, 4.69) is 10.6 Å². The first-order valence-corrected chi connectivity index (χ1v) is 10.6. The van der Waals surface area contributed by atoms with E-state index in [0.717, 1.165) is 18.4 Å². The van der Waals surface area contributed by atoms with Crippen molar-refractivity contribution in [3.63, 3.8) is 0 Å². The lowest BCUT2D eigenvalue weighted by molar-refractivity contribution is -0.116. The Bertz CT molecular complexity index is 998. The second kappa shape index (κ2) is 6.81. The van der Waals surface area contributed by atoms with E-state index in [1.165, 1.54) is 12.1 Å². The molecule has 2 N–H and O–H groups in total. The van der Waals surface area contributed by atoms with E-state index in [4.69, 9.17) is 0 Å². The number of carbonyl (C=O) groups excluding carboxylic acids is 2. The van der Waals surface area contributed by atoms with E-state index >= 15 is 0 Å². The summed E-state index contributed by atoms with van der Waals surface area (Å²) in [6.45, 7) is 0. The minimum atomic E-state index is -3.68. The van der Waals surface area contributed by atoms with Gasteiger partial charge in [-0.15, -0.1) is 0 Å². The van der Waals surface area contributed by atoms with Crippen LogP contribution in [0.2, 0.25) is 0 Å². The molecule has 1 fully saturated rings. The maximum atomic E-state index is 12.6. The Balaban J connectivity index is 1.51. The van der Waals surface area contributed by atoms with Crippen molar-refractivity contribution in [2.24, 2.45) is 5.92 Å². The fourth-order valence-electron chi connectivity index (χ4n) is 3.56. The number of fused-ring (bicyclic) bond motifs is 1. The van der Waals surface area contributed by atoms with Crippen molar-refractivity contribution in [3.05, 3.63) is 54.1 Å². The summed E-state index contributed by atoms with van der Waals surface area (Å²) in [6.07, 6.45) is 2.61. The fourth-order valence-corrected chi connectivity index (χ4v) is 4.90. The monoisotopic (exact) mass is 384 g/mol. The second-order valence-electron chi connectivity index (χ2n) is 7.13. The first-order valence-electron chi connectivity index (χ1n) is 8.94. The van der Waals surface area contributed by atoms with Crippen molar-refractivity contribution in [3.8, 4) is 0 Å². The number of amides is 2. The zero-order chi connectivity index (χ0) is 19.0. The molecule has 2 aliphatic rings. The first-order chi connectivity index (χ1) is 12.9. The van der Waals surface area contributed by atoms with Crippen molar-refractivity contribution < 1.29 is 18.0 Å².